The Kier molecular flexibility index (Phi) is 3.91. The summed E-state index contributed by atoms with van der Waals surface area (Å²) in [6.45, 7) is 14.7. The van der Waals surface area contributed by atoms with E-state index in [0.29, 0.717) is 0 Å². The van der Waals surface area contributed by atoms with Crippen LogP contribution in [-0.2, 0) is 0 Å². The number of nitrogens with zero attached hydrogens (tertiary/aromatic N) is 1. The van der Waals surface area contributed by atoms with E-state index in [1.54, 1.807) is 0 Å². The molecule has 0 bridgehead atoms. The molecule has 2 heteroatoms. The van der Waals surface area contributed by atoms with Crippen LogP contribution in [0.15, 0.2) is 0 Å². The van der Waals surface area contributed by atoms with Gasteiger partial charge in [0.1, 0.15) is 0 Å². The van der Waals surface area contributed by atoms with Gasteiger partial charge >= 0.3 is 0 Å². The van der Waals surface area contributed by atoms with Crippen LogP contribution in [0.1, 0.15) is 34.1 Å². The Morgan fingerprint density at radius 3 is 2.44 bits per heavy atom. The third-order valence-electron chi connectivity index (χ3n) is 4.87. The zero-order valence-electron chi connectivity index (χ0n) is 11.4. The highest BCUT2D eigenvalue weighted by atomic mass is 15.2. The number of nitrogens with one attached hydrogen (secondary N) is 1. The van der Waals surface area contributed by atoms with Crippen molar-refractivity contribution in [2.45, 2.75) is 40.2 Å². The topological polar surface area (TPSA) is 15.3 Å². The van der Waals surface area contributed by atoms with Gasteiger partial charge in [-0.15, -0.1) is 0 Å². The summed E-state index contributed by atoms with van der Waals surface area (Å²) in [5.41, 5.74) is 0. The van der Waals surface area contributed by atoms with Crippen molar-refractivity contribution >= 4 is 0 Å². The summed E-state index contributed by atoms with van der Waals surface area (Å²) in [6, 6.07) is 0.781. The average molecular weight is 224 g/mol. The van der Waals surface area contributed by atoms with E-state index < -0.39 is 0 Å². The largest absolute Gasteiger partial charge is 0.316 e. The van der Waals surface area contributed by atoms with Gasteiger partial charge in [-0.25, -0.2) is 0 Å². The molecule has 0 radical (unpaired) electrons. The van der Waals surface area contributed by atoms with Crippen molar-refractivity contribution in [3.8, 4) is 0 Å². The van der Waals surface area contributed by atoms with E-state index in [9.17, 15) is 0 Å². The first-order valence-electron chi connectivity index (χ1n) is 7.02. The van der Waals surface area contributed by atoms with Gasteiger partial charge in [-0.05, 0) is 50.1 Å². The standard InChI is InChI=1S/C14H28N2/c1-10-5-11(2)13(4)16(8-10)9-14-7-15-6-12(14)3/h10-15H,5-9H2,1-4H3. The van der Waals surface area contributed by atoms with Crippen LogP contribution in [0.2, 0.25) is 0 Å². The fraction of sp³-hybridized carbons (Fsp3) is 1.00. The van der Waals surface area contributed by atoms with Gasteiger partial charge in [0.2, 0.25) is 0 Å². The molecule has 2 nitrogen and oxygen atoms in total. The number of piperidine rings is 1. The molecule has 0 saturated carbocycles. The summed E-state index contributed by atoms with van der Waals surface area (Å²) in [7, 11) is 0. The first-order valence-corrected chi connectivity index (χ1v) is 7.02. The number of hydrogen-bond acceptors (Lipinski definition) is 2. The zero-order chi connectivity index (χ0) is 11.7. The van der Waals surface area contributed by atoms with Gasteiger partial charge in [-0.1, -0.05) is 20.8 Å². The molecule has 2 aliphatic rings. The monoisotopic (exact) mass is 224 g/mol. The van der Waals surface area contributed by atoms with E-state index in [2.05, 4.69) is 37.9 Å². The maximum atomic E-state index is 3.52. The van der Waals surface area contributed by atoms with Crippen LogP contribution in [0.5, 0.6) is 0 Å². The number of rotatable bonds is 2. The van der Waals surface area contributed by atoms with E-state index in [1.165, 1.54) is 32.6 Å². The molecule has 0 aromatic heterocycles. The van der Waals surface area contributed by atoms with Crippen LogP contribution in [0.4, 0.5) is 0 Å². The Bertz CT molecular complexity index is 229. The van der Waals surface area contributed by atoms with Crippen molar-refractivity contribution in [2.24, 2.45) is 23.7 Å². The SMILES string of the molecule is CC1CC(C)C(C)N(CC2CNCC2C)C1. The quantitative estimate of drug-likeness (QED) is 0.773. The van der Waals surface area contributed by atoms with Gasteiger partial charge in [0, 0.05) is 19.1 Å². The molecule has 0 aromatic rings. The fourth-order valence-electron chi connectivity index (χ4n) is 3.48. The Balaban J connectivity index is 1.92. The second-order valence-electron chi connectivity index (χ2n) is 6.41. The molecular formula is C14H28N2. The highest BCUT2D eigenvalue weighted by Crippen LogP contribution is 2.29. The first kappa shape index (κ1) is 12.4. The predicted molar refractivity (Wildman–Crippen MR) is 69.5 cm³/mol. The predicted octanol–water partition coefficient (Wildman–Crippen LogP) is 2.21. The summed E-state index contributed by atoms with van der Waals surface area (Å²) in [5, 5.41) is 3.52. The van der Waals surface area contributed by atoms with Crippen molar-refractivity contribution in [1.29, 1.82) is 0 Å². The van der Waals surface area contributed by atoms with Crippen molar-refractivity contribution in [1.82, 2.24) is 10.2 Å². The maximum Gasteiger partial charge on any atom is 0.00929 e. The third-order valence-corrected chi connectivity index (χ3v) is 4.87. The lowest BCUT2D eigenvalue weighted by molar-refractivity contribution is 0.0621. The molecule has 94 valence electrons. The van der Waals surface area contributed by atoms with E-state index in [1.807, 2.05) is 0 Å². The third kappa shape index (κ3) is 2.60. The van der Waals surface area contributed by atoms with Gasteiger partial charge in [-0.3, -0.25) is 4.90 Å². The number of likely N-dealkylation sites (tertiary alicyclic amines) is 1. The summed E-state index contributed by atoms with van der Waals surface area (Å²) in [5.74, 6) is 3.49. The molecule has 2 heterocycles. The van der Waals surface area contributed by atoms with Crippen molar-refractivity contribution in [3.05, 3.63) is 0 Å². The minimum Gasteiger partial charge on any atom is -0.316 e. The highest BCUT2D eigenvalue weighted by Gasteiger charge is 2.32. The van der Waals surface area contributed by atoms with E-state index >= 15 is 0 Å². The van der Waals surface area contributed by atoms with E-state index in [4.69, 9.17) is 0 Å². The van der Waals surface area contributed by atoms with Crippen molar-refractivity contribution < 1.29 is 0 Å². The maximum absolute atomic E-state index is 3.52. The van der Waals surface area contributed by atoms with Crippen LogP contribution in [0, 0.1) is 23.7 Å². The molecule has 2 aliphatic heterocycles. The summed E-state index contributed by atoms with van der Waals surface area (Å²) in [4.78, 5) is 2.74. The van der Waals surface area contributed by atoms with Crippen LogP contribution < -0.4 is 5.32 Å². The molecule has 0 aromatic carbocycles. The highest BCUT2D eigenvalue weighted by molar-refractivity contribution is 4.87. The van der Waals surface area contributed by atoms with Gasteiger partial charge in [-0.2, -0.15) is 0 Å². The van der Waals surface area contributed by atoms with Crippen molar-refractivity contribution in [2.75, 3.05) is 26.2 Å². The van der Waals surface area contributed by atoms with Crippen LogP contribution in [0.25, 0.3) is 0 Å². The van der Waals surface area contributed by atoms with Gasteiger partial charge in [0.25, 0.3) is 0 Å². The molecule has 2 fully saturated rings. The lowest BCUT2D eigenvalue weighted by atomic mass is 9.84. The van der Waals surface area contributed by atoms with Gasteiger partial charge in [0.05, 0.1) is 0 Å². The molecule has 0 aliphatic carbocycles. The molecule has 1 N–H and O–H groups in total. The first-order chi connectivity index (χ1) is 7.58. The normalized spacial score (nSPS) is 46.1. The molecule has 5 unspecified atom stereocenters. The smallest absolute Gasteiger partial charge is 0.00929 e. The molecule has 2 saturated heterocycles. The molecule has 0 spiro atoms. The van der Waals surface area contributed by atoms with Gasteiger partial charge < -0.3 is 5.32 Å². The molecule has 2 rings (SSSR count). The molecule has 5 atom stereocenters. The number of hydrogen-bond donors (Lipinski definition) is 1. The minimum absolute atomic E-state index is 0.781. The Morgan fingerprint density at radius 2 is 1.81 bits per heavy atom. The molecule has 16 heavy (non-hydrogen) atoms. The summed E-state index contributed by atoms with van der Waals surface area (Å²) < 4.78 is 0. The summed E-state index contributed by atoms with van der Waals surface area (Å²) >= 11 is 0. The van der Waals surface area contributed by atoms with E-state index in [0.717, 1.165) is 29.7 Å². The Hall–Kier alpha value is -0.0800. The second kappa shape index (κ2) is 5.05. The Morgan fingerprint density at radius 1 is 1.06 bits per heavy atom. The average Bonchev–Trinajstić information content (AvgIpc) is 2.60. The Labute approximate surface area is 101 Å². The summed E-state index contributed by atoms with van der Waals surface area (Å²) in [6.07, 6.45) is 1.41. The second-order valence-corrected chi connectivity index (χ2v) is 6.41. The van der Waals surface area contributed by atoms with Crippen molar-refractivity contribution in [3.63, 3.8) is 0 Å². The zero-order valence-corrected chi connectivity index (χ0v) is 11.4. The van der Waals surface area contributed by atoms with Gasteiger partial charge in [0.15, 0.2) is 0 Å². The minimum atomic E-state index is 0.781. The van der Waals surface area contributed by atoms with Crippen LogP contribution in [-0.4, -0.2) is 37.1 Å². The fourth-order valence-corrected chi connectivity index (χ4v) is 3.48. The van der Waals surface area contributed by atoms with E-state index in [-0.39, 0.29) is 0 Å². The lowest BCUT2D eigenvalue weighted by Crippen LogP contribution is -2.48. The van der Waals surface area contributed by atoms with Crippen LogP contribution in [0.3, 0.4) is 0 Å². The molecule has 0 amide bonds. The lowest BCUT2D eigenvalue weighted by Gasteiger charge is -2.42. The molecular weight excluding hydrogens is 196 g/mol. The van der Waals surface area contributed by atoms with Crippen LogP contribution >= 0.6 is 0 Å².